The van der Waals surface area contributed by atoms with Gasteiger partial charge in [-0.1, -0.05) is 12.2 Å². The van der Waals surface area contributed by atoms with Crippen molar-refractivity contribution in [3.05, 3.63) is 41.8 Å². The first-order valence-corrected chi connectivity index (χ1v) is 12.1. The Bertz CT molecular complexity index is 1240. The Labute approximate surface area is 216 Å². The average molecular weight is 539 g/mol. The highest BCUT2D eigenvalue weighted by atomic mass is 19.3. The molecule has 1 fully saturated rings. The molecule has 4 N–H and O–H groups in total. The number of halogens is 3. The predicted molar refractivity (Wildman–Crippen MR) is 128 cm³/mol. The molecule has 4 atom stereocenters. The van der Waals surface area contributed by atoms with E-state index in [0.29, 0.717) is 18.1 Å². The van der Waals surface area contributed by atoms with Crippen LogP contribution in [0.5, 0.6) is 11.5 Å². The van der Waals surface area contributed by atoms with E-state index in [9.17, 15) is 28.6 Å². The number of alkyl halides is 3. The number of hydrogen-bond acceptors (Lipinski definition) is 7. The molecule has 1 aromatic carbocycles. The van der Waals surface area contributed by atoms with Crippen molar-refractivity contribution in [2.24, 2.45) is 22.5 Å². The molecule has 0 amide bonds. The first-order chi connectivity index (χ1) is 17.9. The van der Waals surface area contributed by atoms with Crippen LogP contribution in [0.4, 0.5) is 13.2 Å². The minimum absolute atomic E-state index is 0.0242. The van der Waals surface area contributed by atoms with Crippen molar-refractivity contribution in [1.82, 2.24) is 4.98 Å². The summed E-state index contributed by atoms with van der Waals surface area (Å²) in [6.07, 6.45) is 1.45. The number of aliphatic carboxylic acids is 2. The third kappa shape index (κ3) is 5.22. The fourth-order valence-electron chi connectivity index (χ4n) is 4.56. The standard InChI is InChI=1S/C26H29F3N2O7/c1-13(30)19-16(11-26(23(34)35)9-3-8-25(2,21(26)27)22(32)33)31-20(38-19)15-6-7-17(37-24(28)29)18(10-15)36-12-14-4-5-14/h3,6-7,9-10,13-14,21,24H,4-5,8,11-12,30H2,1-2H3,(H,32,33)(H,34,35)/t13?,21?,25?,26-/m0/s1. The Morgan fingerprint density at radius 1 is 1.24 bits per heavy atom. The van der Waals surface area contributed by atoms with E-state index in [1.807, 2.05) is 0 Å². The van der Waals surface area contributed by atoms with Gasteiger partial charge in [0.25, 0.3) is 0 Å². The van der Waals surface area contributed by atoms with Gasteiger partial charge < -0.3 is 29.8 Å². The minimum Gasteiger partial charge on any atom is -0.489 e. The van der Waals surface area contributed by atoms with Gasteiger partial charge in [-0.3, -0.25) is 9.59 Å². The Morgan fingerprint density at radius 3 is 2.53 bits per heavy atom. The van der Waals surface area contributed by atoms with Crippen molar-refractivity contribution < 1.29 is 46.9 Å². The van der Waals surface area contributed by atoms with Crippen molar-refractivity contribution in [1.29, 1.82) is 0 Å². The summed E-state index contributed by atoms with van der Waals surface area (Å²) < 4.78 is 57.6. The molecule has 1 saturated carbocycles. The Hall–Kier alpha value is -3.54. The second kappa shape index (κ2) is 10.3. The molecular weight excluding hydrogens is 509 g/mol. The molecular formula is C26H29F3N2O7. The Kier molecular flexibility index (Phi) is 7.46. The quantitative estimate of drug-likeness (QED) is 0.345. The first kappa shape index (κ1) is 27.5. The van der Waals surface area contributed by atoms with Crippen LogP contribution in [0.25, 0.3) is 11.5 Å². The lowest BCUT2D eigenvalue weighted by molar-refractivity contribution is -0.164. The van der Waals surface area contributed by atoms with E-state index in [1.54, 1.807) is 6.92 Å². The number of benzene rings is 1. The number of rotatable bonds is 11. The summed E-state index contributed by atoms with van der Waals surface area (Å²) in [5, 5.41) is 19.7. The predicted octanol–water partition coefficient (Wildman–Crippen LogP) is 4.75. The van der Waals surface area contributed by atoms with Crippen LogP contribution in [0.1, 0.15) is 50.6 Å². The fourth-order valence-corrected chi connectivity index (χ4v) is 4.56. The molecule has 1 heterocycles. The van der Waals surface area contributed by atoms with E-state index in [1.165, 1.54) is 24.3 Å². The molecule has 3 unspecified atom stereocenters. The SMILES string of the molecule is CC(N)c1oc(-c2ccc(OC(F)F)c(OCC3CC3)c2)nc1C[C@@]1(C(=O)O)C=CCC(C)(C(=O)O)C1F. The monoisotopic (exact) mass is 538 g/mol. The summed E-state index contributed by atoms with van der Waals surface area (Å²) in [5.74, 6) is -2.75. The van der Waals surface area contributed by atoms with Gasteiger partial charge >= 0.3 is 18.6 Å². The van der Waals surface area contributed by atoms with Gasteiger partial charge in [0.15, 0.2) is 11.5 Å². The van der Waals surface area contributed by atoms with Gasteiger partial charge in [-0.15, -0.1) is 0 Å². The molecule has 12 heteroatoms. The number of oxazole rings is 1. The lowest BCUT2D eigenvalue weighted by Crippen LogP contribution is -2.53. The van der Waals surface area contributed by atoms with Crippen LogP contribution in [-0.4, -0.2) is 46.5 Å². The second-order valence-electron chi connectivity index (χ2n) is 10.1. The zero-order chi connectivity index (χ0) is 27.8. The third-order valence-corrected chi connectivity index (χ3v) is 7.03. The molecule has 1 aromatic heterocycles. The fraction of sp³-hybridized carbons (Fsp3) is 0.500. The highest BCUT2D eigenvalue weighted by Crippen LogP contribution is 2.48. The van der Waals surface area contributed by atoms with Gasteiger partial charge in [-0.25, -0.2) is 9.37 Å². The number of allylic oxidation sites excluding steroid dienone is 1. The zero-order valence-corrected chi connectivity index (χ0v) is 20.8. The second-order valence-corrected chi connectivity index (χ2v) is 10.1. The number of carboxylic acid groups (broad SMARTS) is 2. The molecule has 2 aromatic rings. The normalized spacial score (nSPS) is 25.8. The van der Waals surface area contributed by atoms with E-state index in [0.717, 1.165) is 25.8 Å². The van der Waals surface area contributed by atoms with E-state index in [4.69, 9.17) is 14.9 Å². The first-order valence-electron chi connectivity index (χ1n) is 12.1. The van der Waals surface area contributed by atoms with Gasteiger partial charge in [0.2, 0.25) is 5.89 Å². The van der Waals surface area contributed by atoms with Crippen LogP contribution in [0.3, 0.4) is 0 Å². The summed E-state index contributed by atoms with van der Waals surface area (Å²) in [6.45, 7) is -0.0222. The topological polar surface area (TPSA) is 145 Å². The van der Waals surface area contributed by atoms with Gasteiger partial charge in [-0.2, -0.15) is 8.78 Å². The van der Waals surface area contributed by atoms with Gasteiger partial charge in [-0.05, 0) is 57.2 Å². The van der Waals surface area contributed by atoms with Crippen LogP contribution in [-0.2, 0) is 16.0 Å². The van der Waals surface area contributed by atoms with Crippen molar-refractivity contribution in [3.8, 4) is 23.0 Å². The van der Waals surface area contributed by atoms with Crippen molar-refractivity contribution >= 4 is 11.9 Å². The summed E-state index contributed by atoms with van der Waals surface area (Å²) in [5.41, 5.74) is 2.18. The lowest BCUT2D eigenvalue weighted by Gasteiger charge is -2.41. The Balaban J connectivity index is 1.73. The Morgan fingerprint density at radius 2 is 1.95 bits per heavy atom. The number of carbonyl (C=O) groups is 2. The van der Waals surface area contributed by atoms with Crippen LogP contribution in [0.15, 0.2) is 34.8 Å². The molecule has 0 spiro atoms. The molecule has 0 bridgehead atoms. The summed E-state index contributed by atoms with van der Waals surface area (Å²) in [7, 11) is 0. The average Bonchev–Trinajstić information content (AvgIpc) is 3.58. The maximum absolute atomic E-state index is 15.8. The highest BCUT2D eigenvalue weighted by Gasteiger charge is 2.58. The van der Waals surface area contributed by atoms with Crippen LogP contribution in [0.2, 0.25) is 0 Å². The third-order valence-electron chi connectivity index (χ3n) is 7.03. The molecule has 38 heavy (non-hydrogen) atoms. The van der Waals surface area contributed by atoms with Crippen molar-refractivity contribution in [2.75, 3.05) is 6.61 Å². The number of aromatic nitrogens is 1. The van der Waals surface area contributed by atoms with E-state index in [2.05, 4.69) is 9.72 Å². The number of carboxylic acids is 2. The number of hydrogen-bond donors (Lipinski definition) is 3. The van der Waals surface area contributed by atoms with Crippen molar-refractivity contribution in [3.63, 3.8) is 0 Å². The van der Waals surface area contributed by atoms with Crippen LogP contribution >= 0.6 is 0 Å². The molecule has 206 valence electrons. The number of nitrogens with zero attached hydrogens (tertiary/aromatic N) is 1. The largest absolute Gasteiger partial charge is 0.489 e. The molecule has 9 nitrogen and oxygen atoms in total. The van der Waals surface area contributed by atoms with Gasteiger partial charge in [0.05, 0.1) is 18.3 Å². The zero-order valence-electron chi connectivity index (χ0n) is 20.8. The van der Waals surface area contributed by atoms with E-state index < -0.39 is 48.0 Å². The van der Waals surface area contributed by atoms with Gasteiger partial charge in [0, 0.05) is 12.0 Å². The summed E-state index contributed by atoms with van der Waals surface area (Å²) in [4.78, 5) is 28.6. The van der Waals surface area contributed by atoms with Crippen molar-refractivity contribution in [2.45, 2.75) is 58.4 Å². The number of ether oxygens (including phenoxy) is 2. The maximum Gasteiger partial charge on any atom is 0.387 e. The molecule has 4 rings (SSSR count). The molecule has 2 aliphatic rings. The van der Waals surface area contributed by atoms with E-state index in [-0.39, 0.29) is 35.3 Å². The lowest BCUT2D eigenvalue weighted by atomic mass is 9.63. The summed E-state index contributed by atoms with van der Waals surface area (Å²) >= 11 is 0. The summed E-state index contributed by atoms with van der Waals surface area (Å²) in [6, 6.07) is 3.32. The number of nitrogens with two attached hydrogens (primary N) is 1. The molecule has 0 saturated heterocycles. The molecule has 0 aliphatic heterocycles. The highest BCUT2D eigenvalue weighted by molar-refractivity contribution is 5.83. The smallest absolute Gasteiger partial charge is 0.387 e. The minimum atomic E-state index is -3.07. The van der Waals surface area contributed by atoms with Crippen LogP contribution < -0.4 is 15.2 Å². The molecule has 0 radical (unpaired) electrons. The molecule has 2 aliphatic carbocycles. The van der Waals surface area contributed by atoms with Crippen LogP contribution in [0, 0.1) is 16.7 Å². The van der Waals surface area contributed by atoms with E-state index >= 15 is 4.39 Å². The maximum atomic E-state index is 15.8. The van der Waals surface area contributed by atoms with Gasteiger partial charge in [0.1, 0.15) is 22.8 Å².